The molecule has 12 unspecified atom stereocenters. The van der Waals surface area contributed by atoms with Crippen LogP contribution in [0, 0.1) is 98.6 Å². The van der Waals surface area contributed by atoms with Gasteiger partial charge in [-0.1, -0.05) is 59.3 Å². The van der Waals surface area contributed by atoms with E-state index in [9.17, 15) is 28.8 Å². The van der Waals surface area contributed by atoms with Crippen LogP contribution >= 0.6 is 0 Å². The highest BCUT2D eigenvalue weighted by molar-refractivity contribution is 5.78. The van der Waals surface area contributed by atoms with Gasteiger partial charge >= 0.3 is 35.8 Å². The predicted octanol–water partition coefficient (Wildman–Crippen LogP) is 13.8. The maximum Gasteiger partial charge on any atom is 0.311 e. The van der Waals surface area contributed by atoms with E-state index in [-0.39, 0.29) is 116 Å². The van der Waals surface area contributed by atoms with Crippen molar-refractivity contribution in [2.75, 3.05) is 33.6 Å². The van der Waals surface area contributed by atoms with Crippen LogP contribution < -0.4 is 0 Å². The lowest BCUT2D eigenvalue weighted by atomic mass is 9.50. The molecule has 15 heteroatoms. The third-order valence-electron chi connectivity index (χ3n) is 23.5. The Morgan fingerprint density at radius 3 is 1.13 bits per heavy atom. The Morgan fingerprint density at radius 1 is 0.405 bits per heavy atom. The van der Waals surface area contributed by atoms with E-state index in [1.807, 2.05) is 62.3 Å². The molecule has 476 valence electrons. The number of carbonyl (C=O) groups excluding carboxylic acids is 6. The van der Waals surface area contributed by atoms with Crippen LogP contribution in [0.15, 0.2) is 0 Å². The fourth-order valence-corrected chi connectivity index (χ4v) is 17.6. The van der Waals surface area contributed by atoms with Crippen LogP contribution in [0.5, 0.6) is 0 Å². The normalized spacial score (nSPS) is 35.6. The van der Waals surface area contributed by atoms with E-state index in [4.69, 9.17) is 42.6 Å². The molecule has 10 bridgehead atoms. The molecular weight excluding hydrogens is 1070 g/mol. The van der Waals surface area contributed by atoms with Crippen LogP contribution in [0.25, 0.3) is 0 Å². The summed E-state index contributed by atoms with van der Waals surface area (Å²) in [5, 5.41) is 0. The zero-order chi connectivity index (χ0) is 60.0. The van der Waals surface area contributed by atoms with Gasteiger partial charge in [-0.05, 0) is 230 Å². The molecule has 12 aliphatic carbocycles. The zero-order valence-corrected chi connectivity index (χ0v) is 53.3. The summed E-state index contributed by atoms with van der Waals surface area (Å²) in [5.74, 6) is 3.68. The summed E-state index contributed by atoms with van der Waals surface area (Å²) < 4.78 is 51.2. The third kappa shape index (κ3) is 16.1. The van der Waals surface area contributed by atoms with Gasteiger partial charge in [-0.25, -0.2) is 0 Å². The van der Waals surface area contributed by atoms with Crippen LogP contribution in [0.1, 0.15) is 242 Å². The van der Waals surface area contributed by atoms with E-state index in [1.165, 1.54) is 89.9 Å². The number of ether oxygens (including phenoxy) is 9. The van der Waals surface area contributed by atoms with Gasteiger partial charge in [-0.15, -0.1) is 0 Å². The van der Waals surface area contributed by atoms with Crippen molar-refractivity contribution in [1.82, 2.24) is 0 Å². The van der Waals surface area contributed by atoms with E-state index in [1.54, 1.807) is 0 Å². The Morgan fingerprint density at radius 2 is 0.762 bits per heavy atom. The van der Waals surface area contributed by atoms with Crippen molar-refractivity contribution in [1.29, 1.82) is 0 Å². The molecule has 15 nitrogen and oxygen atoms in total. The Hall–Kier alpha value is -3.30. The first-order chi connectivity index (χ1) is 40.1. The van der Waals surface area contributed by atoms with Crippen molar-refractivity contribution in [3.8, 4) is 0 Å². The molecule has 0 heterocycles. The van der Waals surface area contributed by atoms with E-state index >= 15 is 0 Å². The number of rotatable bonds is 23. The van der Waals surface area contributed by atoms with Crippen molar-refractivity contribution in [2.45, 2.75) is 267 Å². The summed E-state index contributed by atoms with van der Waals surface area (Å²) in [4.78, 5) is 75.2. The number of hydrogen-bond acceptors (Lipinski definition) is 15. The molecule has 0 radical (unpaired) electrons. The van der Waals surface area contributed by atoms with Gasteiger partial charge in [0.05, 0.1) is 53.3 Å². The fourth-order valence-electron chi connectivity index (χ4n) is 17.6. The predicted molar refractivity (Wildman–Crippen MR) is 315 cm³/mol. The van der Waals surface area contributed by atoms with E-state index in [0.717, 1.165) is 114 Å². The number of fused-ring (bicyclic) bond motifs is 6. The van der Waals surface area contributed by atoms with Gasteiger partial charge in [0.1, 0.15) is 18.3 Å². The van der Waals surface area contributed by atoms with Crippen LogP contribution in [-0.4, -0.2) is 93.8 Å². The van der Waals surface area contributed by atoms with E-state index in [0.29, 0.717) is 35.7 Å². The number of esters is 6. The minimum absolute atomic E-state index is 0.0521. The van der Waals surface area contributed by atoms with Gasteiger partial charge in [0, 0.05) is 17.8 Å². The number of carbonyl (C=O) groups is 6. The van der Waals surface area contributed by atoms with Gasteiger partial charge in [-0.2, -0.15) is 0 Å². The standard InChI is InChI=1S/C26H40O5.C22H36O5.C21H34O5/c1-4-25(2,3)24(28)31-22-10-16-8-20(22)21(9-16)23(27)30-15-29-14-26-11-17-5-18(12-26)7-19(6-17)13-26;1-4-22(2,3)21(24)27-19-12-16-10-17(19)18(11-16)20(23)26-14-25-13-15-8-6-5-7-9-15;1-4-21(2,3)20(23)26-18-12-14-10-16(18)17(11-14)19(22)25-13-24-15-8-6-5-7-9-15/h16-22H,4-15H2,1-3H3;15-19H,4-14H2,1-3H3;14-18H,4-13H2,1-3H3. The molecule has 12 rings (SSSR count). The molecule has 12 fully saturated rings. The Balaban J connectivity index is 0.000000152. The third-order valence-corrected chi connectivity index (χ3v) is 23.5. The van der Waals surface area contributed by atoms with Gasteiger partial charge in [0.15, 0.2) is 20.4 Å². The van der Waals surface area contributed by atoms with Crippen LogP contribution in [0.2, 0.25) is 0 Å². The molecule has 0 amide bonds. The lowest BCUT2D eigenvalue weighted by molar-refractivity contribution is -0.177. The SMILES string of the molecule is CCC(C)(C)C(=O)OC1CC2CC(C(=O)OCOC3CCCCC3)C1C2.CCC(C)(C)C(=O)OC1CC2CC(C(=O)OCOCC34CC5CC(CC(C5)C3)C4)C1C2.CCC(C)(C)C(=O)OC1CC2CC(C(=O)OCOCC3CCCCC3)C1C2. The first-order valence-corrected chi connectivity index (χ1v) is 34.0. The Labute approximate surface area is 503 Å². The molecule has 0 aromatic heterocycles. The second-order valence-corrected chi connectivity index (χ2v) is 30.9. The van der Waals surface area contributed by atoms with Crippen molar-refractivity contribution in [3.05, 3.63) is 0 Å². The quantitative estimate of drug-likeness (QED) is 0.0407. The maximum absolute atomic E-state index is 12.8. The summed E-state index contributed by atoms with van der Waals surface area (Å²) in [5.41, 5.74) is -1.06. The van der Waals surface area contributed by atoms with Gasteiger partial charge in [0.25, 0.3) is 0 Å². The highest BCUT2D eigenvalue weighted by Gasteiger charge is 2.56. The molecule has 0 aliphatic heterocycles. The Bertz CT molecular complexity index is 2190. The maximum atomic E-state index is 12.8. The van der Waals surface area contributed by atoms with E-state index in [2.05, 4.69) is 0 Å². The fraction of sp³-hybridized carbons (Fsp3) is 0.913. The Kier molecular flexibility index (Phi) is 22.1. The van der Waals surface area contributed by atoms with Gasteiger partial charge in [-0.3, -0.25) is 28.8 Å². The van der Waals surface area contributed by atoms with E-state index < -0.39 is 16.2 Å². The average Bonchev–Trinajstić information content (AvgIpc) is 1.44. The molecule has 0 spiro atoms. The summed E-state index contributed by atoms with van der Waals surface area (Å²) in [7, 11) is 0. The highest BCUT2D eigenvalue weighted by Crippen LogP contribution is 2.60. The van der Waals surface area contributed by atoms with Crippen LogP contribution in [0.3, 0.4) is 0 Å². The van der Waals surface area contributed by atoms with Crippen molar-refractivity contribution < 1.29 is 71.4 Å². The van der Waals surface area contributed by atoms with Crippen molar-refractivity contribution in [3.63, 3.8) is 0 Å². The molecule has 84 heavy (non-hydrogen) atoms. The summed E-state index contributed by atoms with van der Waals surface area (Å²) in [6.07, 6.45) is 30.6. The second-order valence-electron chi connectivity index (χ2n) is 30.9. The largest absolute Gasteiger partial charge is 0.462 e. The summed E-state index contributed by atoms with van der Waals surface area (Å²) in [6, 6.07) is 0. The topological polar surface area (TPSA) is 185 Å². The minimum atomic E-state index is -0.469. The smallest absolute Gasteiger partial charge is 0.311 e. The molecule has 0 aromatic carbocycles. The summed E-state index contributed by atoms with van der Waals surface area (Å²) in [6.45, 7) is 19.1. The monoisotopic (exact) mass is 1180 g/mol. The second kappa shape index (κ2) is 28.5. The highest BCUT2D eigenvalue weighted by atomic mass is 16.7. The van der Waals surface area contributed by atoms with Gasteiger partial charge in [0.2, 0.25) is 0 Å². The molecular formula is C69H110O15. The van der Waals surface area contributed by atoms with Gasteiger partial charge < -0.3 is 42.6 Å². The molecule has 0 saturated heterocycles. The lowest BCUT2D eigenvalue weighted by Gasteiger charge is -2.56. The molecule has 0 aromatic rings. The molecule has 0 N–H and O–H groups in total. The molecule has 12 aliphatic rings. The zero-order valence-electron chi connectivity index (χ0n) is 53.3. The average molecular weight is 1180 g/mol. The van der Waals surface area contributed by atoms with Crippen LogP contribution in [-0.2, 0) is 71.4 Å². The first-order valence-electron chi connectivity index (χ1n) is 34.0. The first kappa shape index (κ1) is 65.2. The number of hydrogen-bond donors (Lipinski definition) is 0. The lowest BCUT2D eigenvalue weighted by Crippen LogP contribution is -2.48. The minimum Gasteiger partial charge on any atom is -0.462 e. The van der Waals surface area contributed by atoms with Crippen molar-refractivity contribution >= 4 is 35.8 Å². The summed E-state index contributed by atoms with van der Waals surface area (Å²) >= 11 is 0. The van der Waals surface area contributed by atoms with Crippen molar-refractivity contribution in [2.24, 2.45) is 98.6 Å². The molecule has 12 saturated carbocycles. The van der Waals surface area contributed by atoms with Crippen LogP contribution in [0.4, 0.5) is 0 Å². The molecule has 12 atom stereocenters.